The van der Waals surface area contributed by atoms with Crippen molar-refractivity contribution in [3.05, 3.63) is 109 Å². The quantitative estimate of drug-likeness (QED) is 0.128. The molecule has 4 aromatic rings. The molecule has 34 heavy (non-hydrogen) atoms. The molecule has 0 atom stereocenters. The molecule has 0 amide bonds. The van der Waals surface area contributed by atoms with Crippen LogP contribution in [-0.4, -0.2) is 34.3 Å². The fraction of sp³-hybridized carbons (Fsp3) is 0.0833. The second-order valence-electron chi connectivity index (χ2n) is 7.67. The summed E-state index contributed by atoms with van der Waals surface area (Å²) >= 11 is 0. The molecule has 4 N–H and O–H groups in total. The van der Waals surface area contributed by atoms with E-state index in [9.17, 15) is 20.1 Å². The molecule has 2 aromatic carbocycles. The lowest BCUT2D eigenvalue weighted by Gasteiger charge is -2.07. The van der Waals surface area contributed by atoms with E-state index in [0.29, 0.717) is 24.0 Å². The van der Waals surface area contributed by atoms with Crippen molar-refractivity contribution in [1.29, 1.82) is 0 Å². The Bertz CT molecular complexity index is 1130. The zero-order chi connectivity index (χ0) is 22.5. The zero-order valence-electron chi connectivity index (χ0n) is 18.2. The average molecular weight is 586 g/mol. The van der Waals surface area contributed by atoms with E-state index in [1.54, 1.807) is 24.3 Å². The van der Waals surface area contributed by atoms with Gasteiger partial charge in [0.15, 0.2) is 37.9 Å². The Balaban J connectivity index is 0.00000204. The third-order valence-electron chi connectivity index (χ3n) is 5.42. The highest BCUT2D eigenvalue weighted by Crippen LogP contribution is 2.15. The SMILES string of the molecule is OB(O)c1ccccc1C[n+]1cccc(-c2ccc[n+](Cc3ccccc3B(O)O)c2)c1.[Br-].[Br-]. The van der Waals surface area contributed by atoms with Gasteiger partial charge >= 0.3 is 14.2 Å². The molecular weight excluding hydrogens is 562 g/mol. The van der Waals surface area contributed by atoms with Crippen molar-refractivity contribution >= 4 is 25.2 Å². The summed E-state index contributed by atoms with van der Waals surface area (Å²) in [6.07, 6.45) is 7.93. The third kappa shape index (κ3) is 6.85. The molecule has 174 valence electrons. The highest BCUT2D eigenvalue weighted by atomic mass is 79.9. The van der Waals surface area contributed by atoms with E-state index in [2.05, 4.69) is 0 Å². The van der Waals surface area contributed by atoms with E-state index in [4.69, 9.17) is 0 Å². The molecule has 4 rings (SSSR count). The molecular formula is C24H24B2Br2N2O4. The van der Waals surface area contributed by atoms with Gasteiger partial charge in [-0.25, -0.2) is 9.13 Å². The molecule has 6 nitrogen and oxygen atoms in total. The van der Waals surface area contributed by atoms with Gasteiger partial charge in [0.25, 0.3) is 0 Å². The molecule has 10 heteroatoms. The van der Waals surface area contributed by atoms with Crippen LogP contribution in [0.25, 0.3) is 11.1 Å². The molecule has 0 radical (unpaired) electrons. The van der Waals surface area contributed by atoms with Crippen molar-refractivity contribution in [2.45, 2.75) is 13.1 Å². The maximum absolute atomic E-state index is 9.63. The predicted octanol–water partition coefficient (Wildman–Crippen LogP) is -6.61. The highest BCUT2D eigenvalue weighted by molar-refractivity contribution is 6.59. The van der Waals surface area contributed by atoms with Gasteiger partial charge in [-0.3, -0.25) is 0 Å². The summed E-state index contributed by atoms with van der Waals surface area (Å²) < 4.78 is 4.01. The molecule has 0 spiro atoms. The Morgan fingerprint density at radius 2 is 0.912 bits per heavy atom. The van der Waals surface area contributed by atoms with Gasteiger partial charge in [-0.2, -0.15) is 0 Å². The van der Waals surface area contributed by atoms with Gasteiger partial charge in [-0.15, -0.1) is 0 Å². The smallest absolute Gasteiger partial charge is 0.488 e. The number of hydrogen-bond acceptors (Lipinski definition) is 4. The number of benzene rings is 2. The summed E-state index contributed by atoms with van der Waals surface area (Å²) in [6, 6.07) is 22.5. The topological polar surface area (TPSA) is 88.7 Å². The molecule has 0 fully saturated rings. The van der Waals surface area contributed by atoms with E-state index >= 15 is 0 Å². The van der Waals surface area contributed by atoms with Gasteiger partial charge < -0.3 is 54.1 Å². The van der Waals surface area contributed by atoms with E-state index < -0.39 is 14.2 Å². The molecule has 2 heterocycles. The first-order valence-corrected chi connectivity index (χ1v) is 10.4. The molecule has 0 saturated heterocycles. The van der Waals surface area contributed by atoms with Crippen molar-refractivity contribution in [1.82, 2.24) is 0 Å². The summed E-state index contributed by atoms with van der Waals surface area (Å²) in [6.45, 7) is 1.02. The minimum absolute atomic E-state index is 0. The summed E-state index contributed by atoms with van der Waals surface area (Å²) in [5, 5.41) is 38.5. The lowest BCUT2D eigenvalue weighted by atomic mass is 9.77. The fourth-order valence-electron chi connectivity index (χ4n) is 3.84. The second kappa shape index (κ2) is 12.9. The largest absolute Gasteiger partial charge is 1.00 e. The predicted molar refractivity (Wildman–Crippen MR) is 123 cm³/mol. The summed E-state index contributed by atoms with van der Waals surface area (Å²) in [5.41, 5.74) is 4.69. The van der Waals surface area contributed by atoms with Gasteiger partial charge in [0.05, 0.1) is 11.1 Å². The van der Waals surface area contributed by atoms with Crippen LogP contribution in [0.5, 0.6) is 0 Å². The molecule has 0 aliphatic rings. The molecule has 0 saturated carbocycles. The van der Waals surface area contributed by atoms with Gasteiger partial charge in [-0.05, 0) is 23.1 Å². The lowest BCUT2D eigenvalue weighted by molar-refractivity contribution is -0.689. The van der Waals surface area contributed by atoms with Crippen LogP contribution in [0.15, 0.2) is 97.6 Å². The molecule has 0 aliphatic carbocycles. The first kappa shape index (κ1) is 27.9. The van der Waals surface area contributed by atoms with Crippen molar-refractivity contribution < 1.29 is 63.2 Å². The van der Waals surface area contributed by atoms with Crippen LogP contribution in [0, 0.1) is 0 Å². The van der Waals surface area contributed by atoms with Crippen LogP contribution >= 0.6 is 0 Å². The first-order chi connectivity index (χ1) is 15.5. The summed E-state index contributed by atoms with van der Waals surface area (Å²) in [5.74, 6) is 0. The number of hydrogen-bond donors (Lipinski definition) is 4. The Kier molecular flexibility index (Phi) is 10.6. The number of halogens is 2. The zero-order valence-corrected chi connectivity index (χ0v) is 21.4. The second-order valence-corrected chi connectivity index (χ2v) is 7.67. The average Bonchev–Trinajstić information content (AvgIpc) is 2.80. The van der Waals surface area contributed by atoms with Gasteiger partial charge in [0.1, 0.15) is 0 Å². The Morgan fingerprint density at radius 1 is 0.529 bits per heavy atom. The van der Waals surface area contributed by atoms with Gasteiger partial charge in [-0.1, -0.05) is 48.5 Å². The molecule has 2 aromatic heterocycles. The molecule has 0 unspecified atom stereocenters. The van der Waals surface area contributed by atoms with Gasteiger partial charge in [0.2, 0.25) is 0 Å². The third-order valence-corrected chi connectivity index (χ3v) is 5.42. The van der Waals surface area contributed by atoms with Crippen LogP contribution < -0.4 is 54.0 Å². The Labute approximate surface area is 220 Å². The van der Waals surface area contributed by atoms with Gasteiger partial charge in [0, 0.05) is 23.3 Å². The van der Waals surface area contributed by atoms with Crippen molar-refractivity contribution in [2.24, 2.45) is 0 Å². The van der Waals surface area contributed by atoms with Crippen molar-refractivity contribution in [3.8, 4) is 11.1 Å². The fourth-order valence-corrected chi connectivity index (χ4v) is 3.84. The monoisotopic (exact) mass is 584 g/mol. The van der Waals surface area contributed by atoms with E-state index in [0.717, 1.165) is 22.3 Å². The number of rotatable bonds is 7. The number of pyridine rings is 2. The normalized spacial score (nSPS) is 10.1. The van der Waals surface area contributed by atoms with Crippen molar-refractivity contribution in [3.63, 3.8) is 0 Å². The standard InChI is InChI=1S/C24H24B2N2O4.2BrH/c29-25(30)23-11-3-1-7-21(23)17-27-13-5-9-19(15-27)20-10-6-14-28(16-20)18-22-8-2-4-12-24(22)26(31)32;;/h1-16,29-32H,17-18H2;2*1H/q+2;;/p-2. The Hall–Kier alpha value is -2.33. The maximum atomic E-state index is 9.63. The Morgan fingerprint density at radius 3 is 1.29 bits per heavy atom. The van der Waals surface area contributed by atoms with Crippen LogP contribution in [-0.2, 0) is 13.1 Å². The lowest BCUT2D eigenvalue weighted by Crippen LogP contribution is -3.00. The molecule has 0 bridgehead atoms. The van der Waals surface area contributed by atoms with Crippen LogP contribution in [0.4, 0.5) is 0 Å². The van der Waals surface area contributed by atoms with E-state index in [-0.39, 0.29) is 34.0 Å². The van der Waals surface area contributed by atoms with E-state index in [1.165, 1.54) is 0 Å². The number of nitrogens with zero attached hydrogens (tertiary/aromatic N) is 2. The maximum Gasteiger partial charge on any atom is 0.488 e. The highest BCUT2D eigenvalue weighted by Gasteiger charge is 2.19. The van der Waals surface area contributed by atoms with Crippen LogP contribution in [0.3, 0.4) is 0 Å². The first-order valence-electron chi connectivity index (χ1n) is 10.4. The minimum atomic E-state index is -1.51. The molecule has 0 aliphatic heterocycles. The number of aromatic nitrogens is 2. The summed E-state index contributed by atoms with van der Waals surface area (Å²) in [4.78, 5) is 0. The van der Waals surface area contributed by atoms with Crippen LogP contribution in [0.2, 0.25) is 0 Å². The minimum Gasteiger partial charge on any atom is -1.00 e. The van der Waals surface area contributed by atoms with Crippen molar-refractivity contribution in [2.75, 3.05) is 0 Å². The van der Waals surface area contributed by atoms with Crippen LogP contribution in [0.1, 0.15) is 11.1 Å². The van der Waals surface area contributed by atoms with E-state index in [1.807, 2.05) is 82.5 Å². The summed E-state index contributed by atoms with van der Waals surface area (Å²) in [7, 11) is -3.02.